The van der Waals surface area contributed by atoms with Gasteiger partial charge in [-0.1, -0.05) is 49.2 Å². The molecule has 0 spiro atoms. The minimum atomic E-state index is -1.66. The van der Waals surface area contributed by atoms with Crippen LogP contribution >= 0.6 is 0 Å². The summed E-state index contributed by atoms with van der Waals surface area (Å²) in [7, 11) is 0. The summed E-state index contributed by atoms with van der Waals surface area (Å²) < 4.78 is 17.2. The number of fused-ring (bicyclic) bond motifs is 2. The van der Waals surface area contributed by atoms with Crippen molar-refractivity contribution < 1.29 is 54.1 Å². The zero-order chi connectivity index (χ0) is 33.6. The van der Waals surface area contributed by atoms with Gasteiger partial charge in [-0.25, -0.2) is 0 Å². The van der Waals surface area contributed by atoms with E-state index in [9.17, 15) is 39.9 Å². The summed E-state index contributed by atoms with van der Waals surface area (Å²) in [6.45, 7) is 2.03. The lowest BCUT2D eigenvalue weighted by molar-refractivity contribution is -0.268. The Hall–Kier alpha value is -4.39. The molecule has 0 aromatic heterocycles. The molecule has 5 N–H and O–H groups in total. The van der Waals surface area contributed by atoms with Gasteiger partial charge < -0.3 is 39.7 Å². The van der Waals surface area contributed by atoms with E-state index in [1.54, 1.807) is 12.2 Å². The maximum absolute atomic E-state index is 14.5. The van der Waals surface area contributed by atoms with Crippen molar-refractivity contribution in [1.29, 1.82) is 0 Å². The molecule has 3 aliphatic rings. The molecule has 0 radical (unpaired) electrons. The SMILES string of the molecule is CC(=O)Oc1cc(CO)c2c(c1C=Cc1ccccc1)C(=O)c1cc(O[C@H]3O[C@H](C)[C@@H](O)[C@@H](O)[C@H]3O)c(C3CCCC3)c(O)c1C2=O. The second-order valence-corrected chi connectivity index (χ2v) is 12.2. The van der Waals surface area contributed by atoms with E-state index in [2.05, 4.69) is 0 Å². The van der Waals surface area contributed by atoms with Gasteiger partial charge in [0, 0.05) is 34.7 Å². The first-order valence-corrected chi connectivity index (χ1v) is 15.6. The Kier molecular flexibility index (Phi) is 9.01. The van der Waals surface area contributed by atoms with Gasteiger partial charge >= 0.3 is 5.97 Å². The molecule has 246 valence electrons. The lowest BCUT2D eigenvalue weighted by Gasteiger charge is -2.39. The number of rotatable bonds is 7. The second kappa shape index (κ2) is 13.0. The highest BCUT2D eigenvalue weighted by Gasteiger charge is 2.45. The normalized spacial score (nSPS) is 24.3. The molecule has 2 aliphatic carbocycles. The summed E-state index contributed by atoms with van der Waals surface area (Å²) in [5, 5.41) is 53.4. The monoisotopic (exact) mass is 644 g/mol. The summed E-state index contributed by atoms with van der Waals surface area (Å²) in [6, 6.07) is 11.8. The van der Waals surface area contributed by atoms with Crippen molar-refractivity contribution in [3.8, 4) is 17.2 Å². The van der Waals surface area contributed by atoms with Gasteiger partial charge in [0.2, 0.25) is 6.29 Å². The highest BCUT2D eigenvalue weighted by atomic mass is 16.7. The Bertz CT molecular complexity index is 1760. The lowest BCUT2D eigenvalue weighted by Crippen LogP contribution is -2.58. The number of aromatic hydroxyl groups is 1. The average Bonchev–Trinajstić information content (AvgIpc) is 3.58. The molecule has 1 aliphatic heterocycles. The summed E-state index contributed by atoms with van der Waals surface area (Å²) in [5.41, 5.74) is 0.495. The first kappa shape index (κ1) is 32.5. The van der Waals surface area contributed by atoms with Crippen molar-refractivity contribution >= 4 is 29.7 Å². The maximum Gasteiger partial charge on any atom is 0.308 e. The topological polar surface area (TPSA) is 180 Å². The molecule has 1 saturated heterocycles. The van der Waals surface area contributed by atoms with E-state index >= 15 is 0 Å². The number of aliphatic hydroxyl groups is 4. The number of aliphatic hydroxyl groups excluding tert-OH is 4. The summed E-state index contributed by atoms with van der Waals surface area (Å²) in [4.78, 5) is 40.9. The standard InChI is InChI=1S/C36H36O11/c1-17-30(39)34(43)35(44)36(45-17)47-25-15-23-29(32(41)26(25)20-10-6-7-11-20)33(42)27-21(16-37)14-24(46-18(2)38)22(28(27)31(23)40)13-12-19-8-4-3-5-9-19/h3-5,8-9,12-15,17,20,30,34-37,39,41,43-44H,6-7,10-11,16H2,1-2H3/t17-,30-,34-,35-,36-/m1/s1. The van der Waals surface area contributed by atoms with E-state index in [4.69, 9.17) is 14.2 Å². The molecule has 0 amide bonds. The Labute approximate surface area is 270 Å². The molecule has 3 aromatic rings. The van der Waals surface area contributed by atoms with Gasteiger partial charge in [-0.15, -0.1) is 0 Å². The van der Waals surface area contributed by atoms with Gasteiger partial charge in [0.25, 0.3) is 0 Å². The van der Waals surface area contributed by atoms with Crippen molar-refractivity contribution in [3.63, 3.8) is 0 Å². The van der Waals surface area contributed by atoms with Crippen molar-refractivity contribution in [3.05, 3.63) is 87.0 Å². The van der Waals surface area contributed by atoms with E-state index in [1.807, 2.05) is 30.3 Å². The maximum atomic E-state index is 14.5. The fourth-order valence-corrected chi connectivity index (χ4v) is 6.77. The molecular formula is C36H36O11. The molecule has 6 rings (SSSR count). The molecule has 1 heterocycles. The minimum absolute atomic E-state index is 0.0162. The Balaban J connectivity index is 1.55. The number of phenols is 1. The number of benzene rings is 3. The molecule has 1 saturated carbocycles. The fraction of sp³-hybridized carbons (Fsp3) is 0.361. The number of ether oxygens (including phenoxy) is 3. The van der Waals surface area contributed by atoms with Gasteiger partial charge in [-0.2, -0.15) is 0 Å². The predicted molar refractivity (Wildman–Crippen MR) is 168 cm³/mol. The molecule has 2 fully saturated rings. The number of carbonyl (C=O) groups is 3. The third-order valence-corrected chi connectivity index (χ3v) is 9.12. The summed E-state index contributed by atoms with van der Waals surface area (Å²) >= 11 is 0. The molecule has 3 aromatic carbocycles. The first-order chi connectivity index (χ1) is 22.5. The van der Waals surface area contributed by atoms with E-state index in [-0.39, 0.29) is 56.4 Å². The molecule has 0 bridgehead atoms. The van der Waals surface area contributed by atoms with Gasteiger partial charge in [0.05, 0.1) is 18.3 Å². The van der Waals surface area contributed by atoms with Crippen LogP contribution in [0.5, 0.6) is 17.2 Å². The molecule has 5 atom stereocenters. The molecule has 11 nitrogen and oxygen atoms in total. The summed E-state index contributed by atoms with van der Waals surface area (Å²) in [6.07, 6.45) is -0.741. The molecule has 11 heteroatoms. The van der Waals surface area contributed by atoms with Crippen molar-refractivity contribution in [1.82, 2.24) is 0 Å². The van der Waals surface area contributed by atoms with Crippen LogP contribution in [0.1, 0.15) is 99.5 Å². The van der Waals surface area contributed by atoms with Gasteiger partial charge in [-0.3, -0.25) is 14.4 Å². The Morgan fingerprint density at radius 1 is 0.915 bits per heavy atom. The van der Waals surface area contributed by atoms with Crippen LogP contribution in [-0.2, 0) is 16.1 Å². The Morgan fingerprint density at radius 3 is 2.28 bits per heavy atom. The molecule has 0 unspecified atom stereocenters. The van der Waals surface area contributed by atoms with E-state index in [0.29, 0.717) is 12.8 Å². The van der Waals surface area contributed by atoms with E-state index in [1.165, 1.54) is 26.0 Å². The van der Waals surface area contributed by atoms with Crippen LogP contribution in [0, 0.1) is 0 Å². The van der Waals surface area contributed by atoms with Gasteiger partial charge in [0.15, 0.2) is 11.6 Å². The lowest BCUT2D eigenvalue weighted by atomic mass is 9.77. The van der Waals surface area contributed by atoms with Crippen LogP contribution in [0.25, 0.3) is 12.2 Å². The minimum Gasteiger partial charge on any atom is -0.507 e. The number of phenolic OH excluding ortho intramolecular Hbond substituents is 1. The molecular weight excluding hydrogens is 608 g/mol. The zero-order valence-electron chi connectivity index (χ0n) is 25.9. The van der Waals surface area contributed by atoms with Crippen molar-refractivity contribution in [2.75, 3.05) is 0 Å². The van der Waals surface area contributed by atoms with E-state index in [0.717, 1.165) is 18.4 Å². The van der Waals surface area contributed by atoms with Gasteiger partial charge in [-0.05, 0) is 55.0 Å². The number of hydrogen-bond donors (Lipinski definition) is 5. The quantitative estimate of drug-likeness (QED) is 0.113. The highest BCUT2D eigenvalue weighted by Crippen LogP contribution is 2.50. The second-order valence-electron chi connectivity index (χ2n) is 12.2. The van der Waals surface area contributed by atoms with Crippen LogP contribution in [0.4, 0.5) is 0 Å². The average molecular weight is 645 g/mol. The van der Waals surface area contributed by atoms with Crippen LogP contribution in [0.3, 0.4) is 0 Å². The Morgan fingerprint density at radius 2 is 1.62 bits per heavy atom. The predicted octanol–water partition coefficient (Wildman–Crippen LogP) is 3.62. The van der Waals surface area contributed by atoms with E-state index < -0.39 is 60.6 Å². The molecule has 47 heavy (non-hydrogen) atoms. The third-order valence-electron chi connectivity index (χ3n) is 9.12. The number of ketones is 2. The zero-order valence-corrected chi connectivity index (χ0v) is 25.9. The van der Waals surface area contributed by atoms with Crippen LogP contribution in [0.15, 0.2) is 42.5 Å². The largest absolute Gasteiger partial charge is 0.507 e. The van der Waals surface area contributed by atoms with Crippen molar-refractivity contribution in [2.45, 2.75) is 82.8 Å². The van der Waals surface area contributed by atoms with Crippen LogP contribution < -0.4 is 9.47 Å². The number of esters is 1. The first-order valence-electron chi connectivity index (χ1n) is 15.6. The van der Waals surface area contributed by atoms with Gasteiger partial charge in [0.1, 0.15) is 35.6 Å². The fourth-order valence-electron chi connectivity index (χ4n) is 6.77. The summed E-state index contributed by atoms with van der Waals surface area (Å²) in [5.74, 6) is -2.84. The van der Waals surface area contributed by atoms with Crippen molar-refractivity contribution in [2.24, 2.45) is 0 Å². The highest BCUT2D eigenvalue weighted by molar-refractivity contribution is 6.31. The van der Waals surface area contributed by atoms with Crippen LogP contribution in [0.2, 0.25) is 0 Å². The number of carbonyl (C=O) groups excluding carboxylic acids is 3. The smallest absolute Gasteiger partial charge is 0.308 e. The number of hydrogen-bond acceptors (Lipinski definition) is 11. The van der Waals surface area contributed by atoms with Crippen LogP contribution in [-0.4, -0.2) is 73.8 Å². The third kappa shape index (κ3) is 5.85.